The van der Waals surface area contributed by atoms with Gasteiger partial charge in [-0.05, 0) is 67.1 Å². The molecule has 21 heavy (non-hydrogen) atoms. The zero-order valence-corrected chi connectivity index (χ0v) is 13.0. The van der Waals surface area contributed by atoms with E-state index in [4.69, 9.17) is 0 Å². The van der Waals surface area contributed by atoms with Crippen molar-refractivity contribution in [1.29, 1.82) is 0 Å². The van der Waals surface area contributed by atoms with Crippen LogP contribution in [-0.2, 0) is 6.42 Å². The van der Waals surface area contributed by atoms with E-state index in [9.17, 15) is 0 Å². The molecule has 0 spiro atoms. The van der Waals surface area contributed by atoms with Crippen LogP contribution in [0.5, 0.6) is 0 Å². The summed E-state index contributed by atoms with van der Waals surface area (Å²) in [7, 11) is 0. The summed E-state index contributed by atoms with van der Waals surface area (Å²) in [4.78, 5) is 7.36. The van der Waals surface area contributed by atoms with Crippen LogP contribution in [0.25, 0.3) is 21.3 Å². The van der Waals surface area contributed by atoms with Crippen molar-refractivity contribution >= 4 is 22.2 Å². The Balaban J connectivity index is 1.61. The summed E-state index contributed by atoms with van der Waals surface area (Å²) >= 11 is 1.81. The number of thiophene rings is 1. The van der Waals surface area contributed by atoms with Gasteiger partial charge in [0.05, 0.1) is 0 Å². The number of aromatic amines is 1. The second-order valence-electron chi connectivity index (χ2n) is 5.85. The highest BCUT2D eigenvalue weighted by molar-refractivity contribution is 7.13. The number of nitrogens with one attached hydrogen (secondary N) is 1. The monoisotopic (exact) mass is 296 g/mol. The maximum absolute atomic E-state index is 3.42. The van der Waals surface area contributed by atoms with Gasteiger partial charge in [0.15, 0.2) is 0 Å². The van der Waals surface area contributed by atoms with Gasteiger partial charge in [-0.15, -0.1) is 11.3 Å². The van der Waals surface area contributed by atoms with Crippen LogP contribution in [0, 0.1) is 0 Å². The van der Waals surface area contributed by atoms with E-state index in [1.165, 1.54) is 59.4 Å². The number of hydrogen-bond acceptors (Lipinski definition) is 2. The number of aromatic nitrogens is 1. The second kappa shape index (κ2) is 5.66. The van der Waals surface area contributed by atoms with E-state index in [2.05, 4.69) is 51.8 Å². The van der Waals surface area contributed by atoms with E-state index < -0.39 is 0 Å². The molecular formula is C18H20N2S. The maximum atomic E-state index is 3.42. The van der Waals surface area contributed by atoms with Gasteiger partial charge in [-0.1, -0.05) is 12.1 Å². The normalized spacial score (nSPS) is 16.0. The van der Waals surface area contributed by atoms with Crippen LogP contribution in [-0.4, -0.2) is 29.5 Å². The van der Waals surface area contributed by atoms with Crippen LogP contribution >= 0.6 is 11.3 Å². The van der Waals surface area contributed by atoms with Crippen molar-refractivity contribution in [2.75, 3.05) is 19.6 Å². The number of fused-ring (bicyclic) bond motifs is 1. The molecule has 2 nitrogen and oxygen atoms in total. The van der Waals surface area contributed by atoms with Crippen molar-refractivity contribution < 1.29 is 0 Å². The molecule has 1 saturated heterocycles. The minimum atomic E-state index is 1.15. The largest absolute Gasteiger partial charge is 0.361 e. The molecule has 3 heterocycles. The van der Waals surface area contributed by atoms with Gasteiger partial charge in [-0.25, -0.2) is 0 Å². The zero-order valence-electron chi connectivity index (χ0n) is 12.1. The number of hydrogen-bond donors (Lipinski definition) is 1. The van der Waals surface area contributed by atoms with Gasteiger partial charge in [-0.3, -0.25) is 0 Å². The van der Waals surface area contributed by atoms with Crippen LogP contribution in [0.4, 0.5) is 0 Å². The fourth-order valence-electron chi connectivity index (χ4n) is 3.27. The van der Waals surface area contributed by atoms with Crippen molar-refractivity contribution in [3.05, 3.63) is 47.5 Å². The van der Waals surface area contributed by atoms with E-state index in [1.54, 1.807) is 0 Å². The number of benzene rings is 1. The third-order valence-electron chi connectivity index (χ3n) is 4.47. The molecule has 1 aliphatic rings. The molecule has 1 aliphatic heterocycles. The Morgan fingerprint density at radius 2 is 2.05 bits per heavy atom. The predicted octanol–water partition coefficient (Wildman–Crippen LogP) is 4.53. The third kappa shape index (κ3) is 2.63. The van der Waals surface area contributed by atoms with Gasteiger partial charge in [0.1, 0.15) is 0 Å². The number of nitrogens with zero attached hydrogens (tertiary/aromatic N) is 1. The molecule has 0 radical (unpaired) electrons. The lowest BCUT2D eigenvalue weighted by atomic mass is 10.1. The highest BCUT2D eigenvalue weighted by Crippen LogP contribution is 2.29. The fraction of sp³-hybridized carbons (Fsp3) is 0.333. The quantitative estimate of drug-likeness (QED) is 0.749. The third-order valence-corrected chi connectivity index (χ3v) is 5.39. The number of rotatable bonds is 4. The van der Waals surface area contributed by atoms with Crippen LogP contribution in [0.2, 0.25) is 0 Å². The highest BCUT2D eigenvalue weighted by Gasteiger charge is 2.12. The molecule has 1 N–H and O–H groups in total. The Labute approximate surface area is 129 Å². The predicted molar refractivity (Wildman–Crippen MR) is 91.0 cm³/mol. The summed E-state index contributed by atoms with van der Waals surface area (Å²) in [5.74, 6) is 0. The summed E-state index contributed by atoms with van der Waals surface area (Å²) in [5, 5.41) is 3.53. The van der Waals surface area contributed by atoms with Crippen molar-refractivity contribution in [2.24, 2.45) is 0 Å². The molecule has 108 valence electrons. The standard InChI is InChI=1S/C18H20N2S/c1-2-9-20(8-1)10-7-15-13-19-17-6-5-14(12-16(15)17)18-4-3-11-21-18/h3-6,11-13,19H,1-2,7-10H2. The summed E-state index contributed by atoms with van der Waals surface area (Å²) in [5.41, 5.74) is 4.04. The molecule has 3 heteroatoms. The Kier molecular flexibility index (Phi) is 3.53. The van der Waals surface area contributed by atoms with Gasteiger partial charge in [0, 0.05) is 28.5 Å². The fourth-order valence-corrected chi connectivity index (χ4v) is 3.99. The van der Waals surface area contributed by atoms with E-state index in [0.29, 0.717) is 0 Å². The number of H-pyrrole nitrogens is 1. The van der Waals surface area contributed by atoms with Gasteiger partial charge in [0.2, 0.25) is 0 Å². The zero-order chi connectivity index (χ0) is 14.1. The van der Waals surface area contributed by atoms with E-state index in [1.807, 2.05) is 11.3 Å². The Hall–Kier alpha value is -1.58. The Morgan fingerprint density at radius 3 is 2.86 bits per heavy atom. The average molecular weight is 296 g/mol. The summed E-state index contributed by atoms with van der Waals surface area (Å²) in [6.45, 7) is 3.75. The van der Waals surface area contributed by atoms with Crippen molar-refractivity contribution in [3.8, 4) is 10.4 Å². The van der Waals surface area contributed by atoms with E-state index in [0.717, 1.165) is 6.42 Å². The van der Waals surface area contributed by atoms with Crippen LogP contribution in [0.3, 0.4) is 0 Å². The lowest BCUT2D eigenvalue weighted by Gasteiger charge is -2.13. The number of likely N-dealkylation sites (tertiary alicyclic amines) is 1. The van der Waals surface area contributed by atoms with Crippen LogP contribution in [0.15, 0.2) is 41.9 Å². The van der Waals surface area contributed by atoms with E-state index in [-0.39, 0.29) is 0 Å². The molecule has 0 saturated carbocycles. The summed E-state index contributed by atoms with van der Waals surface area (Å²) in [6.07, 6.45) is 6.08. The first-order valence-electron chi connectivity index (χ1n) is 7.76. The minimum Gasteiger partial charge on any atom is -0.361 e. The summed E-state index contributed by atoms with van der Waals surface area (Å²) < 4.78 is 0. The molecule has 2 aromatic heterocycles. The smallest absolute Gasteiger partial charge is 0.0457 e. The lowest BCUT2D eigenvalue weighted by molar-refractivity contribution is 0.344. The topological polar surface area (TPSA) is 19.0 Å². The molecule has 0 aliphatic carbocycles. The molecule has 1 aromatic carbocycles. The highest BCUT2D eigenvalue weighted by atomic mass is 32.1. The van der Waals surface area contributed by atoms with Crippen molar-refractivity contribution in [2.45, 2.75) is 19.3 Å². The Bertz CT molecular complexity index is 721. The first-order chi connectivity index (χ1) is 10.4. The molecule has 4 rings (SSSR count). The van der Waals surface area contributed by atoms with Gasteiger partial charge < -0.3 is 9.88 Å². The SMILES string of the molecule is c1csc(-c2ccc3[nH]cc(CCN4CCCC4)c3c2)c1. The molecule has 0 bridgehead atoms. The molecule has 0 unspecified atom stereocenters. The van der Waals surface area contributed by atoms with Gasteiger partial charge in [0.25, 0.3) is 0 Å². The first kappa shape index (κ1) is 13.1. The van der Waals surface area contributed by atoms with Gasteiger partial charge in [-0.2, -0.15) is 0 Å². The molecular weight excluding hydrogens is 276 g/mol. The molecule has 0 atom stereocenters. The molecule has 0 amide bonds. The van der Waals surface area contributed by atoms with Gasteiger partial charge >= 0.3 is 0 Å². The molecule has 3 aromatic rings. The van der Waals surface area contributed by atoms with Crippen molar-refractivity contribution in [1.82, 2.24) is 9.88 Å². The average Bonchev–Trinajstić information content (AvgIpc) is 3.25. The van der Waals surface area contributed by atoms with Crippen LogP contribution in [0.1, 0.15) is 18.4 Å². The van der Waals surface area contributed by atoms with Crippen LogP contribution < -0.4 is 0 Å². The lowest BCUT2D eigenvalue weighted by Crippen LogP contribution is -2.21. The van der Waals surface area contributed by atoms with Crippen molar-refractivity contribution in [3.63, 3.8) is 0 Å². The first-order valence-corrected chi connectivity index (χ1v) is 8.64. The second-order valence-corrected chi connectivity index (χ2v) is 6.80. The minimum absolute atomic E-state index is 1.15. The molecule has 1 fully saturated rings. The summed E-state index contributed by atoms with van der Waals surface area (Å²) in [6, 6.07) is 11.1. The van der Waals surface area contributed by atoms with E-state index >= 15 is 0 Å². The maximum Gasteiger partial charge on any atom is 0.0457 e. The Morgan fingerprint density at radius 1 is 1.14 bits per heavy atom.